The van der Waals surface area contributed by atoms with E-state index < -0.39 is 0 Å². The summed E-state index contributed by atoms with van der Waals surface area (Å²) < 4.78 is 0. The first-order valence-electron chi connectivity index (χ1n) is 9.37. The molecule has 4 nitrogen and oxygen atoms in total. The summed E-state index contributed by atoms with van der Waals surface area (Å²) in [4.78, 5) is 21.7. The van der Waals surface area contributed by atoms with E-state index in [0.29, 0.717) is 12.1 Å². The number of amides is 1. The quantitative estimate of drug-likeness (QED) is 0.840. The Hall–Kier alpha value is -2.36. The largest absolute Gasteiger partial charge is 0.370 e. The summed E-state index contributed by atoms with van der Waals surface area (Å²) in [5.74, 6) is 0.0960. The predicted octanol–water partition coefficient (Wildman–Crippen LogP) is 3.66. The monoisotopic (exact) mass is 335 g/mol. The molecule has 0 N–H and O–H groups in total. The molecule has 3 heterocycles. The van der Waals surface area contributed by atoms with Gasteiger partial charge in [-0.2, -0.15) is 0 Å². The van der Waals surface area contributed by atoms with Gasteiger partial charge in [0.15, 0.2) is 0 Å². The Morgan fingerprint density at radius 1 is 0.920 bits per heavy atom. The number of carbonyl (C=O) groups is 1. The van der Waals surface area contributed by atoms with E-state index in [4.69, 9.17) is 0 Å². The van der Waals surface area contributed by atoms with Gasteiger partial charge in [-0.3, -0.25) is 9.78 Å². The van der Waals surface area contributed by atoms with Crippen molar-refractivity contribution in [2.45, 2.75) is 38.6 Å². The molecule has 2 aromatic rings. The number of hydrogen-bond donors (Lipinski definition) is 0. The number of hydrogen-bond acceptors (Lipinski definition) is 3. The summed E-state index contributed by atoms with van der Waals surface area (Å²) in [5, 5.41) is 0. The van der Waals surface area contributed by atoms with E-state index in [1.807, 2.05) is 23.2 Å². The minimum atomic E-state index is 0.0960. The van der Waals surface area contributed by atoms with Crippen molar-refractivity contribution in [2.24, 2.45) is 0 Å². The number of aromatic nitrogens is 1. The van der Waals surface area contributed by atoms with E-state index in [-0.39, 0.29) is 5.91 Å². The Morgan fingerprint density at radius 2 is 1.68 bits per heavy atom. The molecule has 2 aliphatic rings. The molecular formula is C21H25N3O. The first-order valence-corrected chi connectivity index (χ1v) is 9.37. The summed E-state index contributed by atoms with van der Waals surface area (Å²) >= 11 is 0. The van der Waals surface area contributed by atoms with E-state index in [9.17, 15) is 4.79 Å². The van der Waals surface area contributed by atoms with Crippen LogP contribution in [0.2, 0.25) is 0 Å². The first-order chi connectivity index (χ1) is 12.3. The van der Waals surface area contributed by atoms with Gasteiger partial charge < -0.3 is 9.80 Å². The SMILES string of the molecule is O=C(c1cncc(N2CCCCCC2)c1)N1CCc2ccccc2C1. The summed E-state index contributed by atoms with van der Waals surface area (Å²) in [6.07, 6.45) is 9.59. The highest BCUT2D eigenvalue weighted by Crippen LogP contribution is 2.23. The van der Waals surface area contributed by atoms with Crippen LogP contribution >= 0.6 is 0 Å². The maximum atomic E-state index is 13.0. The average Bonchev–Trinajstić information content (AvgIpc) is 2.97. The van der Waals surface area contributed by atoms with Gasteiger partial charge in [0.2, 0.25) is 0 Å². The number of pyridine rings is 1. The van der Waals surface area contributed by atoms with Gasteiger partial charge >= 0.3 is 0 Å². The molecule has 130 valence electrons. The van der Waals surface area contributed by atoms with Crippen molar-refractivity contribution < 1.29 is 4.79 Å². The molecule has 0 bridgehead atoms. The number of carbonyl (C=O) groups excluding carboxylic acids is 1. The fraction of sp³-hybridized carbons (Fsp3) is 0.429. The maximum Gasteiger partial charge on any atom is 0.255 e. The van der Waals surface area contributed by atoms with E-state index in [1.54, 1.807) is 6.20 Å². The van der Waals surface area contributed by atoms with Crippen molar-refractivity contribution in [1.29, 1.82) is 0 Å². The van der Waals surface area contributed by atoms with Gasteiger partial charge in [-0.15, -0.1) is 0 Å². The lowest BCUT2D eigenvalue weighted by Gasteiger charge is -2.29. The molecule has 0 atom stereocenters. The van der Waals surface area contributed by atoms with Crippen LogP contribution in [0.25, 0.3) is 0 Å². The Kier molecular flexibility index (Phi) is 4.68. The fourth-order valence-electron chi connectivity index (χ4n) is 3.90. The van der Waals surface area contributed by atoms with E-state index >= 15 is 0 Å². The highest BCUT2D eigenvalue weighted by Gasteiger charge is 2.22. The van der Waals surface area contributed by atoms with Crippen molar-refractivity contribution >= 4 is 11.6 Å². The molecule has 1 aromatic heterocycles. The van der Waals surface area contributed by atoms with Crippen LogP contribution in [-0.2, 0) is 13.0 Å². The minimum absolute atomic E-state index is 0.0960. The lowest BCUT2D eigenvalue weighted by atomic mass is 9.99. The standard InChI is InChI=1S/C21H25N3O/c25-21(24-12-9-17-7-3-4-8-18(17)16-24)19-13-20(15-22-14-19)23-10-5-1-2-6-11-23/h3-4,7-8,13-15H,1-2,5-6,9-12,16H2. The summed E-state index contributed by atoms with van der Waals surface area (Å²) in [5.41, 5.74) is 4.42. The molecule has 1 fully saturated rings. The molecule has 0 saturated carbocycles. The van der Waals surface area contributed by atoms with Crippen LogP contribution < -0.4 is 4.90 Å². The molecular weight excluding hydrogens is 310 g/mol. The zero-order chi connectivity index (χ0) is 17.1. The molecule has 1 saturated heterocycles. The van der Waals surface area contributed by atoms with Crippen LogP contribution in [0.5, 0.6) is 0 Å². The number of fused-ring (bicyclic) bond motifs is 1. The predicted molar refractivity (Wildman–Crippen MR) is 99.8 cm³/mol. The smallest absolute Gasteiger partial charge is 0.255 e. The van der Waals surface area contributed by atoms with Crippen LogP contribution in [0, 0.1) is 0 Å². The summed E-state index contributed by atoms with van der Waals surface area (Å²) in [7, 11) is 0. The first kappa shape index (κ1) is 16.1. The Morgan fingerprint density at radius 3 is 2.48 bits per heavy atom. The van der Waals surface area contributed by atoms with E-state index in [0.717, 1.165) is 31.7 Å². The van der Waals surface area contributed by atoms with Gasteiger partial charge in [0, 0.05) is 32.4 Å². The molecule has 0 unspecified atom stereocenters. The molecule has 2 aliphatic heterocycles. The molecule has 4 heteroatoms. The molecule has 0 spiro atoms. The normalized spacial score (nSPS) is 17.8. The third-order valence-corrected chi connectivity index (χ3v) is 5.36. The van der Waals surface area contributed by atoms with Gasteiger partial charge in [0.25, 0.3) is 5.91 Å². The third-order valence-electron chi connectivity index (χ3n) is 5.36. The molecule has 0 radical (unpaired) electrons. The maximum absolute atomic E-state index is 13.0. The minimum Gasteiger partial charge on any atom is -0.370 e. The Labute approximate surface area is 149 Å². The van der Waals surface area contributed by atoms with Crippen molar-refractivity contribution in [1.82, 2.24) is 9.88 Å². The molecule has 0 aliphatic carbocycles. The van der Waals surface area contributed by atoms with Gasteiger partial charge in [-0.1, -0.05) is 37.1 Å². The van der Waals surface area contributed by atoms with Gasteiger partial charge in [0.1, 0.15) is 0 Å². The van der Waals surface area contributed by atoms with Crippen molar-refractivity contribution in [3.8, 4) is 0 Å². The van der Waals surface area contributed by atoms with Crippen molar-refractivity contribution in [3.05, 3.63) is 59.4 Å². The van der Waals surface area contributed by atoms with Crippen LogP contribution in [0.15, 0.2) is 42.7 Å². The zero-order valence-electron chi connectivity index (χ0n) is 14.7. The molecule has 1 amide bonds. The Bertz CT molecular complexity index is 750. The number of nitrogens with zero attached hydrogens (tertiary/aromatic N) is 3. The summed E-state index contributed by atoms with van der Waals surface area (Å²) in [6, 6.07) is 10.4. The van der Waals surface area contributed by atoms with Crippen LogP contribution in [0.3, 0.4) is 0 Å². The fourth-order valence-corrected chi connectivity index (χ4v) is 3.90. The van der Waals surface area contributed by atoms with Gasteiger partial charge in [-0.25, -0.2) is 0 Å². The van der Waals surface area contributed by atoms with Crippen molar-refractivity contribution in [2.75, 3.05) is 24.5 Å². The molecule has 1 aromatic carbocycles. The zero-order valence-corrected chi connectivity index (χ0v) is 14.7. The van der Waals surface area contributed by atoms with Crippen LogP contribution in [-0.4, -0.2) is 35.4 Å². The van der Waals surface area contributed by atoms with Gasteiger partial charge in [0.05, 0.1) is 17.4 Å². The topological polar surface area (TPSA) is 36.4 Å². The highest BCUT2D eigenvalue weighted by molar-refractivity contribution is 5.95. The number of benzene rings is 1. The van der Waals surface area contributed by atoms with Crippen LogP contribution in [0.1, 0.15) is 47.2 Å². The second kappa shape index (κ2) is 7.26. The molecule has 4 rings (SSSR count). The van der Waals surface area contributed by atoms with Crippen LogP contribution in [0.4, 0.5) is 5.69 Å². The Balaban J connectivity index is 1.52. The molecule has 25 heavy (non-hydrogen) atoms. The number of rotatable bonds is 2. The summed E-state index contributed by atoms with van der Waals surface area (Å²) in [6.45, 7) is 3.61. The lowest BCUT2D eigenvalue weighted by Crippen LogP contribution is -2.36. The lowest BCUT2D eigenvalue weighted by molar-refractivity contribution is 0.0734. The van der Waals surface area contributed by atoms with E-state index in [1.165, 1.54) is 36.8 Å². The third kappa shape index (κ3) is 3.53. The van der Waals surface area contributed by atoms with Gasteiger partial charge in [-0.05, 0) is 36.5 Å². The number of anilines is 1. The second-order valence-corrected chi connectivity index (χ2v) is 7.08. The van der Waals surface area contributed by atoms with Crippen molar-refractivity contribution in [3.63, 3.8) is 0 Å². The average molecular weight is 335 g/mol. The highest BCUT2D eigenvalue weighted by atomic mass is 16.2. The van der Waals surface area contributed by atoms with E-state index in [2.05, 4.69) is 28.1 Å². The second-order valence-electron chi connectivity index (χ2n) is 7.08.